The third-order valence-electron chi connectivity index (χ3n) is 7.00. The van der Waals surface area contributed by atoms with Gasteiger partial charge in [-0.15, -0.1) is 0 Å². The lowest BCUT2D eigenvalue weighted by Gasteiger charge is -2.24. The average Bonchev–Trinajstić information content (AvgIpc) is 3.52. The summed E-state index contributed by atoms with van der Waals surface area (Å²) in [6.07, 6.45) is 2.99. The zero-order valence-corrected chi connectivity index (χ0v) is 23.1. The SMILES string of the molecule is CCCCCOc1cccc(C2/C(=C(\O)c3ccc4c(c3)OCCO4)C(=O)C(=O)N2c2nc3ccc(F)cc3s2)c1. The second kappa shape index (κ2) is 11.2. The number of benzene rings is 3. The number of aliphatic hydroxyl groups excluding tert-OH is 1. The van der Waals surface area contributed by atoms with Gasteiger partial charge in [0.1, 0.15) is 30.5 Å². The molecule has 6 rings (SSSR count). The van der Waals surface area contributed by atoms with Crippen molar-refractivity contribution in [1.82, 2.24) is 4.98 Å². The van der Waals surface area contributed by atoms with E-state index in [1.807, 2.05) is 6.07 Å². The molecule has 2 aliphatic heterocycles. The van der Waals surface area contributed by atoms with E-state index < -0.39 is 23.5 Å². The Hall–Kier alpha value is -4.44. The summed E-state index contributed by atoms with van der Waals surface area (Å²) in [5.74, 6) is -0.951. The zero-order valence-electron chi connectivity index (χ0n) is 22.3. The van der Waals surface area contributed by atoms with Gasteiger partial charge in [0.25, 0.3) is 5.78 Å². The zero-order chi connectivity index (χ0) is 28.5. The van der Waals surface area contributed by atoms with E-state index in [2.05, 4.69) is 11.9 Å². The number of aliphatic hydroxyl groups is 1. The first-order chi connectivity index (χ1) is 19.9. The normalized spacial score (nSPS) is 17.8. The van der Waals surface area contributed by atoms with Gasteiger partial charge in [0.15, 0.2) is 16.6 Å². The highest BCUT2D eigenvalue weighted by atomic mass is 32.1. The molecule has 0 bridgehead atoms. The van der Waals surface area contributed by atoms with Crippen molar-refractivity contribution in [3.63, 3.8) is 0 Å². The van der Waals surface area contributed by atoms with Gasteiger partial charge >= 0.3 is 5.91 Å². The van der Waals surface area contributed by atoms with Crippen LogP contribution in [0.3, 0.4) is 0 Å². The summed E-state index contributed by atoms with van der Waals surface area (Å²) in [5, 5.41) is 11.8. The van der Waals surface area contributed by atoms with Crippen LogP contribution in [0.5, 0.6) is 17.2 Å². The number of halogens is 1. The molecular formula is C31H27FN2O6S. The highest BCUT2D eigenvalue weighted by Crippen LogP contribution is 2.45. The fraction of sp³-hybridized carbons (Fsp3) is 0.258. The van der Waals surface area contributed by atoms with Crippen LogP contribution in [0.15, 0.2) is 66.2 Å². The first-order valence-corrected chi connectivity index (χ1v) is 14.3. The van der Waals surface area contributed by atoms with Crippen LogP contribution in [0.2, 0.25) is 0 Å². The van der Waals surface area contributed by atoms with Gasteiger partial charge in [-0.25, -0.2) is 9.37 Å². The molecule has 1 aromatic heterocycles. The first kappa shape index (κ1) is 26.8. The van der Waals surface area contributed by atoms with E-state index in [0.717, 1.165) is 30.6 Å². The number of rotatable bonds is 8. The molecule has 0 saturated carbocycles. The van der Waals surface area contributed by atoms with Crippen LogP contribution in [-0.4, -0.2) is 41.6 Å². The summed E-state index contributed by atoms with van der Waals surface area (Å²) in [6, 6.07) is 15.1. The number of Topliss-reactive ketones (excluding diaryl/α,β-unsaturated/α-hetero) is 1. The molecule has 1 atom stereocenters. The van der Waals surface area contributed by atoms with Crippen LogP contribution in [0.1, 0.15) is 43.4 Å². The van der Waals surface area contributed by atoms with Crippen molar-refractivity contribution in [1.29, 1.82) is 0 Å². The van der Waals surface area contributed by atoms with E-state index >= 15 is 0 Å². The summed E-state index contributed by atoms with van der Waals surface area (Å²) in [4.78, 5) is 33.0. The van der Waals surface area contributed by atoms with Gasteiger partial charge < -0.3 is 19.3 Å². The first-order valence-electron chi connectivity index (χ1n) is 13.4. The predicted octanol–water partition coefficient (Wildman–Crippen LogP) is 6.40. The smallest absolute Gasteiger partial charge is 0.301 e. The number of anilines is 1. The lowest BCUT2D eigenvalue weighted by atomic mass is 9.95. The molecule has 1 N–H and O–H groups in total. The number of hydrogen-bond donors (Lipinski definition) is 1. The lowest BCUT2D eigenvalue weighted by Crippen LogP contribution is -2.29. The average molecular weight is 575 g/mol. The third kappa shape index (κ3) is 5.11. The molecule has 1 fully saturated rings. The van der Waals surface area contributed by atoms with E-state index in [1.165, 1.54) is 23.1 Å². The number of unbranched alkanes of at least 4 members (excludes halogenated alkanes) is 2. The minimum atomic E-state index is -1.01. The van der Waals surface area contributed by atoms with Crippen molar-refractivity contribution in [2.75, 3.05) is 24.7 Å². The molecule has 1 unspecified atom stereocenters. The number of fused-ring (bicyclic) bond motifs is 2. The van der Waals surface area contributed by atoms with Crippen molar-refractivity contribution in [3.05, 3.63) is 83.2 Å². The van der Waals surface area contributed by atoms with Crippen LogP contribution in [0.25, 0.3) is 16.0 Å². The van der Waals surface area contributed by atoms with E-state index in [9.17, 15) is 19.1 Å². The summed E-state index contributed by atoms with van der Waals surface area (Å²) >= 11 is 1.09. The Bertz CT molecular complexity index is 1680. The Balaban J connectivity index is 1.48. The molecule has 3 heterocycles. The van der Waals surface area contributed by atoms with Gasteiger partial charge in [-0.1, -0.05) is 43.2 Å². The van der Waals surface area contributed by atoms with E-state index in [-0.39, 0.29) is 16.5 Å². The molecular weight excluding hydrogens is 547 g/mol. The van der Waals surface area contributed by atoms with Gasteiger partial charge in [-0.2, -0.15) is 0 Å². The molecule has 41 heavy (non-hydrogen) atoms. The number of aromatic nitrogens is 1. The maximum Gasteiger partial charge on any atom is 0.301 e. The fourth-order valence-corrected chi connectivity index (χ4v) is 6.01. The Morgan fingerprint density at radius 3 is 2.73 bits per heavy atom. The highest BCUT2D eigenvalue weighted by molar-refractivity contribution is 7.22. The maximum atomic E-state index is 13.9. The second-order valence-electron chi connectivity index (χ2n) is 9.76. The number of carbonyl (C=O) groups excluding carboxylic acids is 2. The van der Waals surface area contributed by atoms with Gasteiger partial charge in [0, 0.05) is 5.56 Å². The molecule has 3 aromatic carbocycles. The topological polar surface area (TPSA) is 98.2 Å². The van der Waals surface area contributed by atoms with Gasteiger partial charge in [-0.05, 0) is 60.5 Å². The Morgan fingerprint density at radius 1 is 1.07 bits per heavy atom. The van der Waals surface area contributed by atoms with Crippen molar-refractivity contribution < 1.29 is 33.3 Å². The minimum Gasteiger partial charge on any atom is -0.507 e. The largest absolute Gasteiger partial charge is 0.507 e. The van der Waals surface area contributed by atoms with Gasteiger partial charge in [-0.3, -0.25) is 14.5 Å². The van der Waals surface area contributed by atoms with Crippen molar-refractivity contribution in [2.45, 2.75) is 32.2 Å². The van der Waals surface area contributed by atoms with Gasteiger partial charge in [0.05, 0.1) is 28.4 Å². The van der Waals surface area contributed by atoms with Crippen LogP contribution in [0, 0.1) is 5.82 Å². The number of thiazole rings is 1. The molecule has 0 aliphatic carbocycles. The van der Waals surface area contributed by atoms with E-state index in [1.54, 1.807) is 36.4 Å². The summed E-state index contributed by atoms with van der Waals surface area (Å²) in [6.45, 7) is 3.40. The van der Waals surface area contributed by atoms with E-state index in [0.29, 0.717) is 58.4 Å². The quantitative estimate of drug-likeness (QED) is 0.113. The van der Waals surface area contributed by atoms with Crippen molar-refractivity contribution in [2.24, 2.45) is 0 Å². The molecule has 10 heteroatoms. The monoisotopic (exact) mass is 574 g/mol. The molecule has 1 saturated heterocycles. The Morgan fingerprint density at radius 2 is 1.90 bits per heavy atom. The van der Waals surface area contributed by atoms with Crippen LogP contribution < -0.4 is 19.1 Å². The molecule has 2 aliphatic rings. The molecule has 0 spiro atoms. The molecule has 4 aromatic rings. The summed E-state index contributed by atoms with van der Waals surface area (Å²) in [7, 11) is 0. The van der Waals surface area contributed by atoms with Crippen molar-refractivity contribution >= 4 is 44.1 Å². The molecule has 210 valence electrons. The Labute approximate surface area is 239 Å². The van der Waals surface area contributed by atoms with Crippen LogP contribution in [-0.2, 0) is 9.59 Å². The Kier molecular flexibility index (Phi) is 7.32. The van der Waals surface area contributed by atoms with Crippen molar-refractivity contribution in [3.8, 4) is 17.2 Å². The second-order valence-corrected chi connectivity index (χ2v) is 10.8. The number of hydrogen-bond acceptors (Lipinski definition) is 8. The van der Waals surface area contributed by atoms with E-state index in [4.69, 9.17) is 14.2 Å². The predicted molar refractivity (Wildman–Crippen MR) is 153 cm³/mol. The summed E-state index contributed by atoms with van der Waals surface area (Å²) < 4.78 is 31.7. The van der Waals surface area contributed by atoms with Crippen LogP contribution >= 0.6 is 11.3 Å². The van der Waals surface area contributed by atoms with Crippen LogP contribution in [0.4, 0.5) is 9.52 Å². The summed E-state index contributed by atoms with van der Waals surface area (Å²) in [5.41, 5.74) is 1.25. The number of ether oxygens (including phenoxy) is 3. The number of carbonyl (C=O) groups is 2. The number of amides is 1. The standard InChI is InChI=1S/C31H27FN2O6S/c1-2-3-4-12-38-21-7-5-6-18(15-21)27-26(28(35)19-8-11-23-24(16-19)40-14-13-39-23)29(36)30(37)34(27)31-33-22-10-9-20(32)17-25(22)41-31/h5-11,15-17,27,35H,2-4,12-14H2,1H3/b28-26+. The molecule has 8 nitrogen and oxygen atoms in total. The third-order valence-corrected chi connectivity index (χ3v) is 8.01. The highest BCUT2D eigenvalue weighted by Gasteiger charge is 2.48. The number of nitrogens with zero attached hydrogens (tertiary/aromatic N) is 2. The van der Waals surface area contributed by atoms with Gasteiger partial charge in [0.2, 0.25) is 0 Å². The molecule has 1 amide bonds. The molecule has 0 radical (unpaired) electrons. The lowest BCUT2D eigenvalue weighted by molar-refractivity contribution is -0.132. The fourth-order valence-electron chi connectivity index (χ4n) is 5.00. The minimum absolute atomic E-state index is 0.0970. The maximum absolute atomic E-state index is 13.9. The number of ketones is 1.